The molecule has 0 amide bonds. The Morgan fingerprint density at radius 2 is 1.21 bits per heavy atom. The van der Waals surface area contributed by atoms with Gasteiger partial charge in [0, 0.05) is 24.5 Å². The van der Waals surface area contributed by atoms with E-state index in [2.05, 4.69) is 142 Å². The smallest absolute Gasteiger partial charge is 0.0127 e. The van der Waals surface area contributed by atoms with Crippen LogP contribution in [-0.2, 0) is 35.2 Å². The van der Waals surface area contributed by atoms with Gasteiger partial charge in [-0.25, -0.2) is 0 Å². The minimum atomic E-state index is -1.75. The molecule has 0 aromatic heterocycles. The van der Waals surface area contributed by atoms with Crippen molar-refractivity contribution in [1.29, 1.82) is 0 Å². The van der Waals surface area contributed by atoms with E-state index >= 15 is 0 Å². The summed E-state index contributed by atoms with van der Waals surface area (Å²) in [5, 5.41) is 0. The second-order valence-electron chi connectivity index (χ2n) is 17.5. The Bertz CT molecular complexity index is 1580. The summed E-state index contributed by atoms with van der Waals surface area (Å²) in [6.07, 6.45) is 0.288. The van der Waals surface area contributed by atoms with Crippen molar-refractivity contribution < 1.29 is 18.3 Å². The molecule has 4 rings (SSSR count). The van der Waals surface area contributed by atoms with Crippen LogP contribution in [0.25, 0.3) is 0 Å². The van der Waals surface area contributed by atoms with Crippen LogP contribution in [0, 0.1) is 13.6 Å². The Kier molecular flexibility index (Phi) is 13.2. The molecule has 3 aromatic rings. The normalized spacial score (nSPS) is 14.6. The Balaban J connectivity index is 0.000000373. The van der Waals surface area contributed by atoms with E-state index in [-0.39, 0.29) is 27.8 Å². The molecule has 1 aliphatic rings. The number of halogens is 2. The van der Waals surface area contributed by atoms with E-state index in [0.717, 1.165) is 24.4 Å². The number of rotatable bonds is 5. The minimum absolute atomic E-state index is 0.0838. The Morgan fingerprint density at radius 3 is 1.69 bits per heavy atom. The monoisotopic (exact) mass is 782 g/mol. The number of ether oxygens (including phenoxy) is 1. The second-order valence-corrected chi connectivity index (χ2v) is 23.2. The van der Waals surface area contributed by atoms with E-state index in [1.54, 1.807) is 0 Å². The molecule has 6 heteroatoms. The third-order valence-electron chi connectivity index (χ3n) is 8.63. The first-order valence-electron chi connectivity index (χ1n) is 17.2. The molecule has 48 heavy (non-hydrogen) atoms. The third-order valence-corrected chi connectivity index (χ3v) is 10.5. The molecule has 0 bridgehead atoms. The number of aromatic hydroxyl groups is 1. The first-order chi connectivity index (χ1) is 21.9. The van der Waals surface area contributed by atoms with Gasteiger partial charge in [-0.05, 0) is 68.5 Å². The number of aliphatic hydroxyl groups is 1. The zero-order chi connectivity index (χ0) is 36.4. The van der Waals surface area contributed by atoms with E-state index in [1.807, 2.05) is 42.7 Å². The van der Waals surface area contributed by atoms with Crippen molar-refractivity contribution in [3.05, 3.63) is 94.6 Å². The molecule has 0 radical (unpaired) electrons. The summed E-state index contributed by atoms with van der Waals surface area (Å²) in [6.45, 7) is 38.6. The average molecular weight is 783 g/mol. The predicted octanol–water partition coefficient (Wildman–Crippen LogP) is 12.0. The van der Waals surface area contributed by atoms with Gasteiger partial charge in [0.1, 0.15) is 0 Å². The van der Waals surface area contributed by atoms with Gasteiger partial charge in [0.2, 0.25) is 0 Å². The molecule has 0 atom stereocenters. The molecule has 1 saturated heterocycles. The maximum atomic E-state index is 5.83. The summed E-state index contributed by atoms with van der Waals surface area (Å²) in [5.41, 5.74) is 11.2. The van der Waals surface area contributed by atoms with Crippen molar-refractivity contribution in [2.24, 2.45) is 0 Å². The number of aryl methyl sites for hydroxylation is 1. The van der Waals surface area contributed by atoms with E-state index in [1.165, 1.54) is 39.2 Å². The molecule has 0 saturated carbocycles. The van der Waals surface area contributed by atoms with Crippen molar-refractivity contribution in [3.63, 3.8) is 0 Å². The Labute approximate surface area is 306 Å². The van der Waals surface area contributed by atoms with Crippen LogP contribution in [0.1, 0.15) is 130 Å². The molecule has 1 fully saturated rings. The molecule has 0 aliphatic carbocycles. The van der Waals surface area contributed by atoms with E-state index in [0.29, 0.717) is 0 Å². The second kappa shape index (κ2) is 15.6. The number of anilines is 2. The van der Waals surface area contributed by atoms with Gasteiger partial charge in [0.15, 0.2) is 0 Å². The molecule has 3 nitrogen and oxygen atoms in total. The van der Waals surface area contributed by atoms with Crippen LogP contribution in [0.2, 0.25) is 0 Å². The topological polar surface area (TPSA) is 19.3 Å². The van der Waals surface area contributed by atoms with Gasteiger partial charge < -0.3 is 9.80 Å². The maximum absolute atomic E-state index is 5.83. The number of benzene rings is 3. The van der Waals surface area contributed by atoms with Gasteiger partial charge in [0.05, 0.1) is 0 Å². The molecular formula is C42H62Cl2N2ORu. The molecule has 1 aliphatic heterocycles. The van der Waals surface area contributed by atoms with E-state index in [9.17, 15) is 0 Å². The first kappa shape index (κ1) is 40.6. The summed E-state index contributed by atoms with van der Waals surface area (Å²) in [4.78, 5) is 4.98. The fraction of sp³-hybridized carbons (Fsp3) is 0.524. The number of hydrogen-bond acceptors (Lipinski definition) is 2. The first-order valence-corrected chi connectivity index (χ1v) is 22.7. The Hall–Kier alpha value is -1.87. The van der Waals surface area contributed by atoms with E-state index in [4.69, 9.17) is 19.4 Å². The summed E-state index contributed by atoms with van der Waals surface area (Å²) < 4.78 is 6.41. The predicted molar refractivity (Wildman–Crippen MR) is 212 cm³/mol. The van der Waals surface area contributed by atoms with Crippen LogP contribution in [0.5, 0.6) is 5.75 Å². The Morgan fingerprint density at radius 1 is 0.688 bits per heavy atom. The van der Waals surface area contributed by atoms with Crippen LogP contribution in [-0.4, -0.2) is 28.5 Å². The summed E-state index contributed by atoms with van der Waals surface area (Å²) in [7, 11) is 11.7. The van der Waals surface area contributed by atoms with Crippen LogP contribution in [0.15, 0.2) is 54.6 Å². The quantitative estimate of drug-likeness (QED) is 0.146. The van der Waals surface area contributed by atoms with Crippen LogP contribution >= 0.6 is 19.4 Å². The van der Waals surface area contributed by atoms with Gasteiger partial charge in [0.25, 0.3) is 0 Å². The number of para-hydroxylation sites is 1. The average Bonchev–Trinajstić information content (AvgIpc) is 3.41. The maximum Gasteiger partial charge on any atom is 0.0127 e. The minimum Gasteiger partial charge on any atom is -0.502 e. The van der Waals surface area contributed by atoms with Crippen molar-refractivity contribution >= 4 is 35.4 Å². The van der Waals surface area contributed by atoms with Crippen LogP contribution in [0.4, 0.5) is 11.4 Å². The van der Waals surface area contributed by atoms with Gasteiger partial charge in [-0.15, -0.1) is 0 Å². The molecule has 0 spiro atoms. The molecule has 0 unspecified atom stereocenters. The number of nitrogens with zero attached hydrogens (tertiary/aromatic N) is 2. The zero-order valence-electron chi connectivity index (χ0n) is 32.3. The van der Waals surface area contributed by atoms with Crippen LogP contribution in [0.3, 0.4) is 0 Å². The van der Waals surface area contributed by atoms with Crippen molar-refractivity contribution in [1.82, 2.24) is 0 Å². The van der Waals surface area contributed by atoms with Gasteiger partial charge in [-0.1, -0.05) is 101 Å². The zero-order valence-corrected chi connectivity index (χ0v) is 35.5. The van der Waals surface area contributed by atoms with Gasteiger partial charge in [-0.2, -0.15) is 6.67 Å². The summed E-state index contributed by atoms with van der Waals surface area (Å²) in [6, 6.07) is 19.9. The fourth-order valence-corrected chi connectivity index (χ4v) is 7.95. The summed E-state index contributed by atoms with van der Waals surface area (Å²) >= 11 is -1.75. The fourth-order valence-electron chi connectivity index (χ4n) is 6.13. The molecule has 268 valence electrons. The SMILES string of the molecule is CC(C)[OH+]c1ccccc1[CH]=[Ru]([Cl])[Cl].Cc1cc(C(C)(C)C)c(N2[CH-]N(c3cc(C(C)(C)C)ccc3C(C)(C)C)CC2)cc1C(C)(C)C. The van der Waals surface area contributed by atoms with Gasteiger partial charge in [-0.3, -0.25) is 0 Å². The standard InChI is InChI=1S/C32H49N2.C10H12O.2ClH.Ru/c1-22-18-26(32(11,12)13)28(20-25(22)31(8,9)10)34-17-16-33(21-34)27-19-23(29(2,3)4)14-15-24(27)30(5,6)7;1-8(2)11-10-7-5-4-6-9(10)3;;;/h14-15,18-21H,16-17H2,1-13H3;3-8H,1-2H3;2*1H;/q-1;;;;+2/p-1. The molecule has 1 heterocycles. The van der Waals surface area contributed by atoms with Crippen molar-refractivity contribution in [2.75, 3.05) is 22.9 Å². The number of hydrogen-bond donors (Lipinski definition) is 0. The van der Waals surface area contributed by atoms with Crippen molar-refractivity contribution in [2.45, 2.75) is 132 Å². The third kappa shape index (κ3) is 10.8. The molecule has 1 N–H and O–H groups in total. The largest absolute Gasteiger partial charge is 0.502 e. The molecular weight excluding hydrogens is 720 g/mol. The van der Waals surface area contributed by atoms with Gasteiger partial charge >= 0.3 is 97.8 Å². The van der Waals surface area contributed by atoms with Crippen molar-refractivity contribution in [3.8, 4) is 5.75 Å². The molecule has 3 aromatic carbocycles. The van der Waals surface area contributed by atoms with E-state index < -0.39 is 13.5 Å². The summed E-state index contributed by atoms with van der Waals surface area (Å²) in [5.74, 6) is 0.975. The van der Waals surface area contributed by atoms with Crippen LogP contribution < -0.4 is 9.80 Å².